The van der Waals surface area contributed by atoms with Gasteiger partial charge in [0.1, 0.15) is 0 Å². The summed E-state index contributed by atoms with van der Waals surface area (Å²) in [6.45, 7) is 3.58. The Bertz CT molecular complexity index is 721. The number of carboxylic acid groups (broad SMARTS) is 1. The number of carboxylic acids is 1. The molecule has 22 heavy (non-hydrogen) atoms. The highest BCUT2D eigenvalue weighted by molar-refractivity contribution is 5.99. The van der Waals surface area contributed by atoms with Crippen molar-refractivity contribution in [2.45, 2.75) is 13.8 Å². The second-order valence-corrected chi connectivity index (χ2v) is 6.14. The number of nitrogens with one attached hydrogen (secondary N) is 2. The molecule has 0 spiro atoms. The Labute approximate surface area is 127 Å². The Morgan fingerprint density at radius 2 is 1.91 bits per heavy atom. The Morgan fingerprint density at radius 1 is 1.23 bits per heavy atom. The zero-order chi connectivity index (χ0) is 15.9. The van der Waals surface area contributed by atoms with Crippen LogP contribution < -0.4 is 5.32 Å². The molecule has 1 aliphatic carbocycles. The van der Waals surface area contributed by atoms with Crippen LogP contribution in [0.1, 0.15) is 13.8 Å². The van der Waals surface area contributed by atoms with Crippen molar-refractivity contribution in [3.63, 3.8) is 0 Å². The molecule has 1 aromatic heterocycles. The topological polar surface area (TPSA) is 95.1 Å². The fraction of sp³-hybridized carbons (Fsp3) is 0.312. The summed E-state index contributed by atoms with van der Waals surface area (Å²) in [6, 6.07) is 11.4. The number of carbonyl (C=O) groups is 2. The summed E-state index contributed by atoms with van der Waals surface area (Å²) in [7, 11) is 0. The molecular formula is C16H17N3O3. The number of amides is 1. The molecular weight excluding hydrogens is 282 g/mol. The fourth-order valence-electron chi connectivity index (χ4n) is 2.94. The molecule has 3 N–H and O–H groups in total. The van der Waals surface area contributed by atoms with Crippen LogP contribution in [0.5, 0.6) is 0 Å². The number of aliphatic carboxylic acids is 1. The highest BCUT2D eigenvalue weighted by Crippen LogP contribution is 2.58. The number of H-pyrrole nitrogens is 1. The maximum Gasteiger partial charge on any atom is 0.307 e. The fourth-order valence-corrected chi connectivity index (χ4v) is 2.94. The number of benzene rings is 1. The lowest BCUT2D eigenvalue weighted by Crippen LogP contribution is -2.17. The largest absolute Gasteiger partial charge is 0.481 e. The summed E-state index contributed by atoms with van der Waals surface area (Å²) in [6.07, 6.45) is 0. The average Bonchev–Trinajstić information content (AvgIpc) is 2.82. The molecule has 1 amide bonds. The van der Waals surface area contributed by atoms with Gasteiger partial charge in [-0.3, -0.25) is 14.7 Å². The molecule has 3 rings (SSSR count). The molecule has 1 fully saturated rings. The second kappa shape index (κ2) is 4.98. The summed E-state index contributed by atoms with van der Waals surface area (Å²) in [5, 5.41) is 18.7. The quantitative estimate of drug-likeness (QED) is 0.807. The number of anilines is 1. The molecule has 1 heterocycles. The molecule has 1 saturated carbocycles. The molecule has 0 unspecified atom stereocenters. The zero-order valence-corrected chi connectivity index (χ0v) is 12.3. The first-order valence-corrected chi connectivity index (χ1v) is 7.06. The van der Waals surface area contributed by atoms with Gasteiger partial charge in [0.05, 0.1) is 17.5 Å². The van der Waals surface area contributed by atoms with Crippen molar-refractivity contribution >= 4 is 17.7 Å². The third kappa shape index (κ3) is 2.36. The Kier molecular flexibility index (Phi) is 3.24. The molecule has 114 valence electrons. The average molecular weight is 299 g/mol. The maximum absolute atomic E-state index is 12.2. The minimum atomic E-state index is -0.933. The number of nitrogens with zero attached hydrogens (tertiary/aromatic N) is 1. The number of hydrogen-bond acceptors (Lipinski definition) is 3. The lowest BCUT2D eigenvalue weighted by atomic mass is 10.1. The van der Waals surface area contributed by atoms with Crippen molar-refractivity contribution in [3.05, 3.63) is 36.4 Å². The van der Waals surface area contributed by atoms with E-state index in [4.69, 9.17) is 5.11 Å². The van der Waals surface area contributed by atoms with E-state index in [1.807, 2.05) is 30.3 Å². The first-order valence-electron chi connectivity index (χ1n) is 7.06. The van der Waals surface area contributed by atoms with Crippen molar-refractivity contribution in [2.75, 3.05) is 5.32 Å². The van der Waals surface area contributed by atoms with Gasteiger partial charge in [0.15, 0.2) is 5.82 Å². The van der Waals surface area contributed by atoms with E-state index >= 15 is 0 Å². The lowest BCUT2D eigenvalue weighted by Gasteiger charge is -2.02. The molecule has 0 radical (unpaired) electrons. The Hall–Kier alpha value is -2.63. The van der Waals surface area contributed by atoms with Gasteiger partial charge in [0.25, 0.3) is 0 Å². The first kappa shape index (κ1) is 14.3. The second-order valence-electron chi connectivity index (χ2n) is 6.14. The summed E-state index contributed by atoms with van der Waals surface area (Å²) in [5.41, 5.74) is 1.24. The summed E-state index contributed by atoms with van der Waals surface area (Å²) in [4.78, 5) is 23.4. The van der Waals surface area contributed by atoms with E-state index in [0.29, 0.717) is 5.82 Å². The minimum Gasteiger partial charge on any atom is -0.481 e. The summed E-state index contributed by atoms with van der Waals surface area (Å²) >= 11 is 0. The molecule has 0 aliphatic heterocycles. The van der Waals surface area contributed by atoms with Gasteiger partial charge in [-0.05, 0) is 11.0 Å². The third-order valence-corrected chi connectivity index (χ3v) is 4.29. The number of rotatable bonds is 4. The maximum atomic E-state index is 12.2. The molecule has 1 aromatic carbocycles. The van der Waals surface area contributed by atoms with E-state index in [1.165, 1.54) is 0 Å². The van der Waals surface area contributed by atoms with Crippen LogP contribution in [0, 0.1) is 17.3 Å². The van der Waals surface area contributed by atoms with Gasteiger partial charge in [-0.1, -0.05) is 44.2 Å². The van der Waals surface area contributed by atoms with E-state index in [0.717, 1.165) is 11.3 Å². The van der Waals surface area contributed by atoms with Gasteiger partial charge >= 0.3 is 5.97 Å². The van der Waals surface area contributed by atoms with Crippen molar-refractivity contribution in [3.8, 4) is 11.3 Å². The van der Waals surface area contributed by atoms with Crippen LogP contribution in [0.2, 0.25) is 0 Å². The molecule has 0 bridgehead atoms. The van der Waals surface area contributed by atoms with E-state index < -0.39 is 23.2 Å². The Morgan fingerprint density at radius 3 is 2.50 bits per heavy atom. The van der Waals surface area contributed by atoms with Crippen LogP contribution in [-0.4, -0.2) is 27.2 Å². The lowest BCUT2D eigenvalue weighted by molar-refractivity contribution is -0.140. The van der Waals surface area contributed by atoms with Gasteiger partial charge < -0.3 is 10.4 Å². The molecule has 2 atom stereocenters. The van der Waals surface area contributed by atoms with Crippen LogP contribution in [-0.2, 0) is 9.59 Å². The van der Waals surface area contributed by atoms with Gasteiger partial charge in [0.2, 0.25) is 5.91 Å². The Balaban J connectivity index is 1.71. The highest BCUT2D eigenvalue weighted by atomic mass is 16.4. The van der Waals surface area contributed by atoms with Crippen molar-refractivity contribution < 1.29 is 14.7 Å². The van der Waals surface area contributed by atoms with Crippen molar-refractivity contribution in [2.24, 2.45) is 17.3 Å². The van der Waals surface area contributed by atoms with Gasteiger partial charge in [-0.25, -0.2) is 0 Å². The standard InChI is InChI=1S/C16H17N3O3/c1-16(2)12(13(16)15(21)22)14(20)17-11-8-10(18-19-11)9-6-4-3-5-7-9/h3-8,12-13H,1-2H3,(H,21,22)(H2,17,18,19,20)/t12-,13+/m1/s1. The summed E-state index contributed by atoms with van der Waals surface area (Å²) in [5.74, 6) is -2.00. The van der Waals surface area contributed by atoms with Gasteiger partial charge in [-0.15, -0.1) is 0 Å². The van der Waals surface area contributed by atoms with Crippen molar-refractivity contribution in [1.29, 1.82) is 0 Å². The van der Waals surface area contributed by atoms with Crippen molar-refractivity contribution in [1.82, 2.24) is 10.2 Å². The SMILES string of the molecule is CC1(C)[C@H](C(=O)O)[C@@H]1C(=O)Nc1cc(-c2ccccc2)[nH]n1. The monoisotopic (exact) mass is 299 g/mol. The third-order valence-electron chi connectivity index (χ3n) is 4.29. The smallest absolute Gasteiger partial charge is 0.307 e. The van der Waals surface area contributed by atoms with E-state index in [9.17, 15) is 9.59 Å². The first-order chi connectivity index (χ1) is 10.4. The predicted octanol–water partition coefficient (Wildman–Crippen LogP) is 2.37. The summed E-state index contributed by atoms with van der Waals surface area (Å²) < 4.78 is 0. The van der Waals surface area contributed by atoms with E-state index in [2.05, 4.69) is 15.5 Å². The molecule has 2 aromatic rings. The van der Waals surface area contributed by atoms with Crippen LogP contribution in [0.15, 0.2) is 36.4 Å². The van der Waals surface area contributed by atoms with Crippen LogP contribution in [0.25, 0.3) is 11.3 Å². The number of aromatic nitrogens is 2. The number of carbonyl (C=O) groups excluding carboxylic acids is 1. The molecule has 6 nitrogen and oxygen atoms in total. The van der Waals surface area contributed by atoms with Crippen LogP contribution in [0.4, 0.5) is 5.82 Å². The van der Waals surface area contributed by atoms with Crippen LogP contribution in [0.3, 0.4) is 0 Å². The predicted molar refractivity (Wildman–Crippen MR) is 81.1 cm³/mol. The van der Waals surface area contributed by atoms with Gasteiger partial charge in [0, 0.05) is 6.07 Å². The molecule has 1 aliphatic rings. The number of aromatic amines is 1. The van der Waals surface area contributed by atoms with E-state index in [-0.39, 0.29) is 5.91 Å². The normalized spacial score (nSPS) is 22.1. The highest BCUT2D eigenvalue weighted by Gasteiger charge is 2.65. The van der Waals surface area contributed by atoms with E-state index in [1.54, 1.807) is 19.9 Å². The minimum absolute atomic E-state index is 0.302. The molecule has 6 heteroatoms. The van der Waals surface area contributed by atoms with Gasteiger partial charge in [-0.2, -0.15) is 5.10 Å². The number of hydrogen-bond donors (Lipinski definition) is 3. The van der Waals surface area contributed by atoms with Crippen LogP contribution >= 0.6 is 0 Å². The molecule has 0 saturated heterocycles. The zero-order valence-electron chi connectivity index (χ0n) is 12.3.